The molecule has 0 aromatic heterocycles. The summed E-state index contributed by atoms with van der Waals surface area (Å²) in [6.45, 7) is 0. The summed E-state index contributed by atoms with van der Waals surface area (Å²) in [5, 5.41) is 0. The second-order valence-electron chi connectivity index (χ2n) is 3.93. The molecule has 2 aromatic rings. The fourth-order valence-corrected chi connectivity index (χ4v) is 2.46. The number of carbonyl (C=O) groups is 2. The highest BCUT2D eigenvalue weighted by Crippen LogP contribution is 2.11. The maximum atomic E-state index is 11.9. The van der Waals surface area contributed by atoms with Crippen LogP contribution in [-0.4, -0.2) is 11.8 Å². The van der Waals surface area contributed by atoms with Gasteiger partial charge in [-0.2, -0.15) is 0 Å². The van der Waals surface area contributed by atoms with E-state index in [0.717, 1.165) is 8.04 Å². The third kappa shape index (κ3) is 4.04. The Balaban J connectivity index is 1.98. The maximum absolute atomic E-state index is 11.9. The lowest BCUT2D eigenvalue weighted by Crippen LogP contribution is -2.41. The SMILES string of the molecule is O=C(NNC(=O)c1cccc(I)c1)c1cccc(Br)c1. The highest BCUT2D eigenvalue weighted by atomic mass is 127. The van der Waals surface area contributed by atoms with Crippen molar-refractivity contribution in [3.8, 4) is 0 Å². The molecule has 0 aliphatic heterocycles. The third-order valence-corrected chi connectivity index (χ3v) is 3.63. The Morgan fingerprint density at radius 2 is 1.45 bits per heavy atom. The van der Waals surface area contributed by atoms with Crippen molar-refractivity contribution >= 4 is 50.3 Å². The van der Waals surface area contributed by atoms with Crippen LogP contribution in [0.4, 0.5) is 0 Å². The average Bonchev–Trinajstić information content (AvgIpc) is 2.44. The van der Waals surface area contributed by atoms with Crippen molar-refractivity contribution in [1.82, 2.24) is 10.9 Å². The van der Waals surface area contributed by atoms with E-state index in [4.69, 9.17) is 0 Å². The second-order valence-corrected chi connectivity index (χ2v) is 6.09. The van der Waals surface area contributed by atoms with Crippen molar-refractivity contribution in [2.75, 3.05) is 0 Å². The third-order valence-electron chi connectivity index (χ3n) is 2.46. The van der Waals surface area contributed by atoms with Crippen molar-refractivity contribution in [1.29, 1.82) is 0 Å². The summed E-state index contributed by atoms with van der Waals surface area (Å²) in [5.74, 6) is -0.725. The van der Waals surface area contributed by atoms with Gasteiger partial charge in [-0.15, -0.1) is 0 Å². The van der Waals surface area contributed by atoms with Gasteiger partial charge < -0.3 is 0 Å². The molecule has 4 nitrogen and oxygen atoms in total. The van der Waals surface area contributed by atoms with E-state index in [0.29, 0.717) is 11.1 Å². The summed E-state index contributed by atoms with van der Waals surface area (Å²) in [5.41, 5.74) is 5.72. The van der Waals surface area contributed by atoms with E-state index in [2.05, 4.69) is 49.4 Å². The zero-order chi connectivity index (χ0) is 14.5. The molecule has 2 N–H and O–H groups in total. The lowest BCUT2D eigenvalue weighted by molar-refractivity contribution is 0.0846. The fourth-order valence-electron chi connectivity index (χ4n) is 1.52. The van der Waals surface area contributed by atoms with E-state index < -0.39 is 0 Å². The van der Waals surface area contributed by atoms with Gasteiger partial charge in [0.05, 0.1) is 0 Å². The van der Waals surface area contributed by atoms with Crippen LogP contribution in [0.1, 0.15) is 20.7 Å². The average molecular weight is 445 g/mol. The zero-order valence-corrected chi connectivity index (χ0v) is 13.9. The molecule has 0 aliphatic rings. The van der Waals surface area contributed by atoms with Gasteiger partial charge in [0.2, 0.25) is 0 Å². The fraction of sp³-hybridized carbons (Fsp3) is 0. The van der Waals surface area contributed by atoms with E-state index in [1.807, 2.05) is 12.1 Å². The number of hydrogen-bond donors (Lipinski definition) is 2. The molecule has 0 radical (unpaired) electrons. The molecular weight excluding hydrogens is 435 g/mol. The minimum absolute atomic E-state index is 0.355. The highest BCUT2D eigenvalue weighted by molar-refractivity contribution is 14.1. The summed E-state index contributed by atoms with van der Waals surface area (Å²) in [7, 11) is 0. The molecule has 0 unspecified atom stereocenters. The first-order valence-electron chi connectivity index (χ1n) is 5.68. The van der Waals surface area contributed by atoms with Crippen molar-refractivity contribution < 1.29 is 9.59 Å². The monoisotopic (exact) mass is 444 g/mol. The molecule has 2 aromatic carbocycles. The highest BCUT2D eigenvalue weighted by Gasteiger charge is 2.09. The van der Waals surface area contributed by atoms with Crippen molar-refractivity contribution in [3.63, 3.8) is 0 Å². The number of rotatable bonds is 2. The molecule has 0 bridgehead atoms. The molecule has 0 spiro atoms. The van der Waals surface area contributed by atoms with Gasteiger partial charge in [0.1, 0.15) is 0 Å². The Hall–Kier alpha value is -1.41. The minimum Gasteiger partial charge on any atom is -0.267 e. The van der Waals surface area contributed by atoms with Crippen LogP contribution in [0.15, 0.2) is 53.0 Å². The summed E-state index contributed by atoms with van der Waals surface area (Å²) in [4.78, 5) is 23.7. The Morgan fingerprint density at radius 1 is 0.900 bits per heavy atom. The molecule has 0 heterocycles. The van der Waals surface area contributed by atoms with Gasteiger partial charge in [-0.3, -0.25) is 20.4 Å². The maximum Gasteiger partial charge on any atom is 0.269 e. The van der Waals surface area contributed by atoms with Gasteiger partial charge in [0, 0.05) is 19.2 Å². The number of carbonyl (C=O) groups excluding carboxylic acids is 2. The summed E-state index contributed by atoms with van der Waals surface area (Å²) >= 11 is 5.41. The van der Waals surface area contributed by atoms with Gasteiger partial charge in [-0.1, -0.05) is 28.1 Å². The van der Waals surface area contributed by atoms with Crippen LogP contribution in [0.2, 0.25) is 0 Å². The molecule has 0 fully saturated rings. The van der Waals surface area contributed by atoms with E-state index >= 15 is 0 Å². The van der Waals surface area contributed by atoms with Crippen LogP contribution in [0, 0.1) is 3.57 Å². The van der Waals surface area contributed by atoms with E-state index in [-0.39, 0.29) is 11.8 Å². The molecule has 2 rings (SSSR count). The minimum atomic E-state index is -0.370. The van der Waals surface area contributed by atoms with Crippen LogP contribution < -0.4 is 10.9 Å². The topological polar surface area (TPSA) is 58.2 Å². The van der Waals surface area contributed by atoms with Crippen molar-refractivity contribution in [3.05, 3.63) is 67.7 Å². The normalized spacial score (nSPS) is 9.90. The van der Waals surface area contributed by atoms with Crippen LogP contribution in [0.3, 0.4) is 0 Å². The Kier molecular flexibility index (Phi) is 5.13. The van der Waals surface area contributed by atoms with Crippen LogP contribution >= 0.6 is 38.5 Å². The summed E-state index contributed by atoms with van der Waals surface area (Å²) in [6, 6.07) is 14.0. The molecule has 6 heteroatoms. The molecule has 0 saturated carbocycles. The number of benzene rings is 2. The smallest absolute Gasteiger partial charge is 0.267 e. The van der Waals surface area contributed by atoms with Crippen LogP contribution in [0.5, 0.6) is 0 Å². The number of hydrazine groups is 1. The zero-order valence-electron chi connectivity index (χ0n) is 10.2. The van der Waals surface area contributed by atoms with E-state index in [1.54, 1.807) is 36.4 Å². The largest absolute Gasteiger partial charge is 0.269 e. The Labute approximate surface area is 138 Å². The molecule has 20 heavy (non-hydrogen) atoms. The number of hydrogen-bond acceptors (Lipinski definition) is 2. The predicted octanol–water partition coefficient (Wildman–Crippen LogP) is 3.13. The molecule has 102 valence electrons. The van der Waals surface area contributed by atoms with Gasteiger partial charge >= 0.3 is 0 Å². The molecule has 2 amide bonds. The standard InChI is InChI=1S/C14H10BrIN2O2/c15-11-5-1-3-9(7-11)13(19)17-18-14(20)10-4-2-6-12(16)8-10/h1-8H,(H,17,19)(H,18,20). The van der Waals surface area contributed by atoms with E-state index in [9.17, 15) is 9.59 Å². The van der Waals surface area contributed by atoms with Crippen LogP contribution in [-0.2, 0) is 0 Å². The molecular formula is C14H10BrIN2O2. The Morgan fingerprint density at radius 3 is 2.00 bits per heavy atom. The summed E-state index contributed by atoms with van der Waals surface area (Å²) in [6.07, 6.45) is 0. The van der Waals surface area contributed by atoms with Crippen molar-refractivity contribution in [2.24, 2.45) is 0 Å². The van der Waals surface area contributed by atoms with Crippen molar-refractivity contribution in [2.45, 2.75) is 0 Å². The van der Waals surface area contributed by atoms with Gasteiger partial charge in [-0.05, 0) is 59.0 Å². The quantitative estimate of drug-likeness (QED) is 0.552. The van der Waals surface area contributed by atoms with Gasteiger partial charge in [-0.25, -0.2) is 0 Å². The second kappa shape index (κ2) is 6.85. The first-order valence-corrected chi connectivity index (χ1v) is 7.55. The van der Waals surface area contributed by atoms with Gasteiger partial charge in [0.15, 0.2) is 0 Å². The molecule has 0 atom stereocenters. The summed E-state index contributed by atoms with van der Waals surface area (Å²) < 4.78 is 1.75. The Bertz CT molecular complexity index is 604. The lowest BCUT2D eigenvalue weighted by Gasteiger charge is -2.07. The number of amides is 2. The molecule has 0 aliphatic carbocycles. The number of nitrogens with one attached hydrogen (secondary N) is 2. The lowest BCUT2D eigenvalue weighted by atomic mass is 10.2. The van der Waals surface area contributed by atoms with E-state index in [1.165, 1.54) is 0 Å². The molecule has 0 saturated heterocycles. The van der Waals surface area contributed by atoms with Crippen LogP contribution in [0.25, 0.3) is 0 Å². The predicted molar refractivity (Wildman–Crippen MR) is 88.2 cm³/mol. The first kappa shape index (κ1) is 15.0. The first-order chi connectivity index (χ1) is 9.56. The number of halogens is 2. The van der Waals surface area contributed by atoms with Gasteiger partial charge in [0.25, 0.3) is 11.8 Å².